The van der Waals surface area contributed by atoms with Crippen molar-refractivity contribution in [3.8, 4) is 5.75 Å². The number of benzene rings is 1. The van der Waals surface area contributed by atoms with E-state index < -0.39 is 43.3 Å². The molecule has 0 spiro atoms. The number of nitrogens with one attached hydrogen (secondary N) is 2. The Balaban J connectivity index is 1.72. The normalized spacial score (nSPS) is 19.7. The summed E-state index contributed by atoms with van der Waals surface area (Å²) in [6.07, 6.45) is 3.04. The smallest absolute Gasteiger partial charge is 0.459 e. The number of carbonyl (C=O) groups is 2. The molecule has 0 fully saturated rings. The molecule has 35 heavy (non-hydrogen) atoms. The maximum Gasteiger partial charge on any atom is 0.459 e. The number of carbonyl (C=O) groups excluding carboxylic acids is 2. The van der Waals surface area contributed by atoms with Crippen LogP contribution in [0.4, 0.5) is 0 Å². The van der Waals surface area contributed by atoms with Gasteiger partial charge < -0.3 is 14.0 Å². The maximum absolute atomic E-state index is 13.5. The number of methoxy groups -OCH3 is 1. The summed E-state index contributed by atoms with van der Waals surface area (Å²) in [5.74, 6) is -0.696. The number of aromatic nitrogens is 2. The van der Waals surface area contributed by atoms with Crippen LogP contribution < -0.4 is 20.9 Å². The van der Waals surface area contributed by atoms with Crippen LogP contribution in [0.25, 0.3) is 0 Å². The van der Waals surface area contributed by atoms with Gasteiger partial charge in [0.1, 0.15) is 17.9 Å². The fourth-order valence-electron chi connectivity index (χ4n) is 3.13. The van der Waals surface area contributed by atoms with Gasteiger partial charge in [0.25, 0.3) is 5.56 Å². The van der Waals surface area contributed by atoms with Crippen molar-refractivity contribution in [2.24, 2.45) is 0 Å². The Hall–Kier alpha value is -3.31. The van der Waals surface area contributed by atoms with Crippen LogP contribution in [0.5, 0.6) is 5.75 Å². The molecule has 0 saturated carbocycles. The minimum absolute atomic E-state index is 0.138. The van der Waals surface area contributed by atoms with Crippen molar-refractivity contribution in [3.05, 3.63) is 74.6 Å². The lowest BCUT2D eigenvalue weighted by atomic mass is 10.1. The van der Waals surface area contributed by atoms with E-state index in [-0.39, 0.29) is 18.1 Å². The van der Waals surface area contributed by atoms with Crippen LogP contribution in [0.3, 0.4) is 0 Å². The first-order valence-corrected chi connectivity index (χ1v) is 12.1. The average molecular weight is 507 g/mol. The third-order valence-corrected chi connectivity index (χ3v) is 6.67. The van der Waals surface area contributed by atoms with Gasteiger partial charge in [-0.1, -0.05) is 6.08 Å². The van der Waals surface area contributed by atoms with E-state index in [2.05, 4.69) is 14.8 Å². The highest BCUT2D eigenvalue weighted by molar-refractivity contribution is 7.52. The number of nitrogens with zero attached hydrogens (tertiary/aromatic N) is 1. The van der Waals surface area contributed by atoms with Crippen LogP contribution in [0.15, 0.2) is 52.2 Å². The fourth-order valence-corrected chi connectivity index (χ4v) is 4.64. The molecule has 0 bridgehead atoms. The Morgan fingerprint density at radius 3 is 2.54 bits per heavy atom. The zero-order chi connectivity index (χ0) is 25.8. The second-order valence-electron chi connectivity index (χ2n) is 7.77. The van der Waals surface area contributed by atoms with Crippen LogP contribution in [-0.4, -0.2) is 47.2 Å². The van der Waals surface area contributed by atoms with Crippen molar-refractivity contribution in [2.45, 2.75) is 39.1 Å². The van der Waals surface area contributed by atoms with Gasteiger partial charge in [-0.25, -0.2) is 9.36 Å². The van der Waals surface area contributed by atoms with E-state index in [1.165, 1.54) is 56.0 Å². The van der Waals surface area contributed by atoms with Gasteiger partial charge in [-0.05, 0) is 51.1 Å². The first-order valence-electron chi connectivity index (χ1n) is 10.6. The van der Waals surface area contributed by atoms with Crippen molar-refractivity contribution in [3.63, 3.8) is 0 Å². The topological polar surface area (TPSA) is 155 Å². The summed E-state index contributed by atoms with van der Waals surface area (Å²) in [6, 6.07) is 4.87. The Bertz CT molecular complexity index is 1280. The molecular weight excluding hydrogens is 481 g/mol. The largest absolute Gasteiger partial charge is 0.468 e. The fraction of sp³-hybridized carbons (Fsp3) is 0.364. The van der Waals surface area contributed by atoms with Gasteiger partial charge >= 0.3 is 19.4 Å². The van der Waals surface area contributed by atoms with Crippen LogP contribution in [0.2, 0.25) is 0 Å². The molecule has 1 aliphatic heterocycles. The number of H-pyrrole nitrogens is 1. The number of hydrogen-bond donors (Lipinski definition) is 2. The Labute approximate surface area is 200 Å². The number of ketones is 1. The van der Waals surface area contributed by atoms with Gasteiger partial charge in [-0.3, -0.25) is 28.5 Å². The monoisotopic (exact) mass is 507 g/mol. The van der Waals surface area contributed by atoms with Gasteiger partial charge in [0.15, 0.2) is 12.0 Å². The molecule has 0 aliphatic carbocycles. The molecule has 1 aromatic carbocycles. The van der Waals surface area contributed by atoms with Crippen LogP contribution >= 0.6 is 7.75 Å². The summed E-state index contributed by atoms with van der Waals surface area (Å²) >= 11 is 0. The summed E-state index contributed by atoms with van der Waals surface area (Å²) in [7, 11) is -2.95. The zero-order valence-corrected chi connectivity index (χ0v) is 20.4. The molecule has 2 N–H and O–H groups in total. The first-order chi connectivity index (χ1) is 16.5. The quantitative estimate of drug-likeness (QED) is 0.211. The third-order valence-electron chi connectivity index (χ3n) is 5.03. The highest BCUT2D eigenvalue weighted by Gasteiger charge is 2.34. The third kappa shape index (κ3) is 6.64. The van der Waals surface area contributed by atoms with Gasteiger partial charge in [-0.15, -0.1) is 0 Å². The molecule has 13 heteroatoms. The molecule has 4 atom stereocenters. The predicted molar refractivity (Wildman–Crippen MR) is 124 cm³/mol. The van der Waals surface area contributed by atoms with Gasteiger partial charge in [0, 0.05) is 17.3 Å². The summed E-state index contributed by atoms with van der Waals surface area (Å²) in [4.78, 5) is 49.2. The van der Waals surface area contributed by atoms with Crippen LogP contribution in [-0.2, 0) is 23.4 Å². The SMILES string of the molecule is COC(=O)[C@H](C)NP(=O)(OC[C@@H]1C=C[C@H](n2cc(C)c(=O)[nH]c2=O)O1)Oc1ccc(C(C)=O)cc1. The van der Waals surface area contributed by atoms with Crippen LogP contribution in [0.1, 0.15) is 36.0 Å². The van der Waals surface area contributed by atoms with E-state index in [0.717, 1.165) is 0 Å². The number of aryl methyl sites for hydroxylation is 1. The molecule has 3 rings (SSSR count). The lowest BCUT2D eigenvalue weighted by Gasteiger charge is -2.24. The lowest BCUT2D eigenvalue weighted by Crippen LogP contribution is -2.35. The van der Waals surface area contributed by atoms with E-state index in [1.54, 1.807) is 19.1 Å². The van der Waals surface area contributed by atoms with E-state index in [1.807, 2.05) is 0 Å². The summed E-state index contributed by atoms with van der Waals surface area (Å²) < 4.78 is 36.2. The second kappa shape index (κ2) is 11.0. The van der Waals surface area contributed by atoms with Crippen molar-refractivity contribution in [2.75, 3.05) is 13.7 Å². The number of ether oxygens (including phenoxy) is 2. The summed E-state index contributed by atoms with van der Waals surface area (Å²) in [6.45, 7) is 4.14. The molecule has 0 radical (unpaired) electrons. The molecule has 188 valence electrons. The number of hydrogen-bond acceptors (Lipinski definition) is 9. The van der Waals surface area contributed by atoms with Crippen molar-refractivity contribution >= 4 is 19.5 Å². The predicted octanol–water partition coefficient (Wildman–Crippen LogP) is 1.86. The average Bonchev–Trinajstić information content (AvgIpc) is 3.28. The zero-order valence-electron chi connectivity index (χ0n) is 19.5. The minimum atomic E-state index is -4.14. The van der Waals surface area contributed by atoms with Gasteiger partial charge in [0.2, 0.25) is 0 Å². The van der Waals surface area contributed by atoms with E-state index >= 15 is 0 Å². The number of aromatic amines is 1. The van der Waals surface area contributed by atoms with E-state index in [4.69, 9.17) is 13.8 Å². The van der Waals surface area contributed by atoms with E-state index in [9.17, 15) is 23.7 Å². The lowest BCUT2D eigenvalue weighted by molar-refractivity contribution is -0.142. The molecule has 0 saturated heterocycles. The molecule has 1 aliphatic rings. The van der Waals surface area contributed by atoms with Crippen molar-refractivity contribution in [1.82, 2.24) is 14.6 Å². The second-order valence-corrected chi connectivity index (χ2v) is 9.46. The van der Waals surface area contributed by atoms with Crippen molar-refractivity contribution < 1.29 is 32.7 Å². The van der Waals surface area contributed by atoms with Crippen molar-refractivity contribution in [1.29, 1.82) is 0 Å². The van der Waals surface area contributed by atoms with Crippen LogP contribution in [0, 0.1) is 6.92 Å². The molecule has 12 nitrogen and oxygen atoms in total. The molecule has 1 unspecified atom stereocenters. The highest BCUT2D eigenvalue weighted by atomic mass is 31.2. The van der Waals surface area contributed by atoms with Gasteiger partial charge in [-0.2, -0.15) is 5.09 Å². The highest BCUT2D eigenvalue weighted by Crippen LogP contribution is 2.45. The Kier molecular flexibility index (Phi) is 8.23. The molecule has 1 aromatic heterocycles. The first kappa shape index (κ1) is 26.3. The Morgan fingerprint density at radius 1 is 1.23 bits per heavy atom. The molecule has 0 amide bonds. The standard InChI is InChI=1S/C22H26N3O9P/c1-13-11-25(22(29)23-20(13)27)19-10-9-18(33-19)12-32-35(30,24-14(2)21(28)31-4)34-17-7-5-16(6-8-17)15(3)26/h5-11,14,18-19H,12H2,1-4H3,(H,24,30)(H,23,27,29)/t14-,18-,19+,35?/m0/s1. The summed E-state index contributed by atoms with van der Waals surface area (Å²) in [5.41, 5.74) is -0.370. The molecule has 2 heterocycles. The number of esters is 1. The van der Waals surface area contributed by atoms with Gasteiger partial charge in [0.05, 0.1) is 13.7 Å². The Morgan fingerprint density at radius 2 is 1.91 bits per heavy atom. The maximum atomic E-state index is 13.5. The number of Topliss-reactive ketones (excluding diaryl/α,β-unsaturated/α-hetero) is 1. The molecular formula is C22H26N3O9P. The molecule has 2 aromatic rings. The summed E-state index contributed by atoms with van der Waals surface area (Å²) in [5, 5.41) is 2.51. The van der Waals surface area contributed by atoms with E-state index in [0.29, 0.717) is 11.1 Å². The number of rotatable bonds is 10. The minimum Gasteiger partial charge on any atom is -0.468 e.